The van der Waals surface area contributed by atoms with Gasteiger partial charge in [-0.2, -0.15) is 0 Å². The number of benzene rings is 2. The van der Waals surface area contributed by atoms with E-state index in [2.05, 4.69) is 19.2 Å². The molecule has 0 unspecified atom stereocenters. The molecule has 0 saturated heterocycles. The van der Waals surface area contributed by atoms with Gasteiger partial charge in [-0.05, 0) is 35.7 Å². The van der Waals surface area contributed by atoms with Crippen molar-refractivity contribution in [3.8, 4) is 0 Å². The highest BCUT2D eigenvalue weighted by atomic mass is 16.3. The molecule has 0 aliphatic rings. The van der Waals surface area contributed by atoms with Crippen molar-refractivity contribution in [2.45, 2.75) is 26.2 Å². The van der Waals surface area contributed by atoms with Gasteiger partial charge in [0.1, 0.15) is 11.3 Å². The molecule has 1 N–H and O–H groups in total. The van der Waals surface area contributed by atoms with Crippen LogP contribution in [0.2, 0.25) is 0 Å². The SMILES string of the molecule is CC(C)c1ccc(C(=O)NCCc2cc3ccccc3o2)cc1. The number of nitrogens with one attached hydrogen (secondary N) is 1. The van der Waals surface area contributed by atoms with Gasteiger partial charge in [0, 0.05) is 23.9 Å². The minimum absolute atomic E-state index is 0.0450. The highest BCUT2D eigenvalue weighted by Crippen LogP contribution is 2.19. The summed E-state index contributed by atoms with van der Waals surface area (Å²) in [6.07, 6.45) is 0.685. The third kappa shape index (κ3) is 3.62. The molecule has 0 bridgehead atoms. The Balaban J connectivity index is 1.56. The fourth-order valence-electron chi connectivity index (χ4n) is 2.58. The Morgan fingerprint density at radius 2 is 1.83 bits per heavy atom. The Morgan fingerprint density at radius 3 is 2.52 bits per heavy atom. The normalized spacial score (nSPS) is 11.1. The van der Waals surface area contributed by atoms with E-state index in [0.29, 0.717) is 24.4 Å². The zero-order valence-corrected chi connectivity index (χ0v) is 13.5. The molecule has 0 saturated carbocycles. The predicted octanol–water partition coefficient (Wildman–Crippen LogP) is 4.53. The molecule has 3 heteroatoms. The molecule has 0 aliphatic heterocycles. The van der Waals surface area contributed by atoms with Gasteiger partial charge in [-0.25, -0.2) is 0 Å². The van der Waals surface area contributed by atoms with Crippen LogP contribution in [0.15, 0.2) is 59.0 Å². The Hall–Kier alpha value is -2.55. The Bertz CT molecular complexity index is 767. The molecule has 0 spiro atoms. The van der Waals surface area contributed by atoms with E-state index in [1.807, 2.05) is 54.6 Å². The summed E-state index contributed by atoms with van der Waals surface area (Å²) in [6.45, 7) is 4.84. The standard InChI is InChI=1S/C20H21NO2/c1-14(2)15-7-9-16(10-8-15)20(22)21-12-11-18-13-17-5-3-4-6-19(17)23-18/h3-10,13-14H,11-12H2,1-2H3,(H,21,22). The van der Waals surface area contributed by atoms with Crippen LogP contribution in [0.25, 0.3) is 11.0 Å². The van der Waals surface area contributed by atoms with Crippen LogP contribution in [0.1, 0.15) is 41.4 Å². The molecule has 3 aromatic rings. The van der Waals surface area contributed by atoms with Crippen molar-refractivity contribution in [2.24, 2.45) is 0 Å². The largest absolute Gasteiger partial charge is 0.461 e. The molecule has 3 rings (SSSR count). The summed E-state index contributed by atoms with van der Waals surface area (Å²) in [5.41, 5.74) is 2.82. The average Bonchev–Trinajstić information content (AvgIpc) is 2.97. The number of carbonyl (C=O) groups excluding carboxylic acids is 1. The highest BCUT2D eigenvalue weighted by molar-refractivity contribution is 5.94. The minimum Gasteiger partial charge on any atom is -0.461 e. The van der Waals surface area contributed by atoms with Crippen molar-refractivity contribution in [3.63, 3.8) is 0 Å². The van der Waals surface area contributed by atoms with Gasteiger partial charge >= 0.3 is 0 Å². The maximum atomic E-state index is 12.1. The van der Waals surface area contributed by atoms with Crippen molar-refractivity contribution in [2.75, 3.05) is 6.54 Å². The summed E-state index contributed by atoms with van der Waals surface area (Å²) in [6, 6.07) is 17.7. The van der Waals surface area contributed by atoms with E-state index in [9.17, 15) is 4.79 Å². The lowest BCUT2D eigenvalue weighted by atomic mass is 10.0. The maximum Gasteiger partial charge on any atom is 0.251 e. The first-order chi connectivity index (χ1) is 11.1. The summed E-state index contributed by atoms with van der Waals surface area (Å²) in [5, 5.41) is 4.04. The first kappa shape index (κ1) is 15.3. The summed E-state index contributed by atoms with van der Waals surface area (Å²) in [5.74, 6) is 1.32. The number of para-hydroxylation sites is 1. The number of carbonyl (C=O) groups is 1. The molecule has 1 amide bonds. The van der Waals surface area contributed by atoms with E-state index in [0.717, 1.165) is 16.7 Å². The lowest BCUT2D eigenvalue weighted by Crippen LogP contribution is -2.25. The minimum atomic E-state index is -0.0450. The molecule has 23 heavy (non-hydrogen) atoms. The fraction of sp³-hybridized carbons (Fsp3) is 0.250. The quantitative estimate of drug-likeness (QED) is 0.752. The first-order valence-electron chi connectivity index (χ1n) is 7.99. The van der Waals surface area contributed by atoms with E-state index >= 15 is 0 Å². The fourth-order valence-corrected chi connectivity index (χ4v) is 2.58. The van der Waals surface area contributed by atoms with Gasteiger partial charge in [-0.15, -0.1) is 0 Å². The monoisotopic (exact) mass is 307 g/mol. The number of rotatable bonds is 5. The molecule has 3 nitrogen and oxygen atoms in total. The molecule has 118 valence electrons. The van der Waals surface area contributed by atoms with Crippen molar-refractivity contribution in [1.82, 2.24) is 5.32 Å². The smallest absolute Gasteiger partial charge is 0.251 e. The number of fused-ring (bicyclic) bond motifs is 1. The van der Waals surface area contributed by atoms with Gasteiger partial charge in [0.15, 0.2) is 0 Å². The second-order valence-corrected chi connectivity index (χ2v) is 6.03. The Morgan fingerprint density at radius 1 is 1.09 bits per heavy atom. The van der Waals surface area contributed by atoms with Crippen molar-refractivity contribution in [3.05, 3.63) is 71.5 Å². The van der Waals surface area contributed by atoms with Crippen LogP contribution in [0.5, 0.6) is 0 Å². The van der Waals surface area contributed by atoms with Crippen molar-refractivity contribution >= 4 is 16.9 Å². The second kappa shape index (κ2) is 6.69. The van der Waals surface area contributed by atoms with Crippen LogP contribution in [0.4, 0.5) is 0 Å². The molecular weight excluding hydrogens is 286 g/mol. The van der Waals surface area contributed by atoms with Gasteiger partial charge in [0.05, 0.1) is 0 Å². The summed E-state index contributed by atoms with van der Waals surface area (Å²) >= 11 is 0. The topological polar surface area (TPSA) is 42.2 Å². The lowest BCUT2D eigenvalue weighted by molar-refractivity contribution is 0.0953. The van der Waals surface area contributed by atoms with Crippen LogP contribution in [-0.2, 0) is 6.42 Å². The van der Waals surface area contributed by atoms with E-state index in [4.69, 9.17) is 4.42 Å². The second-order valence-electron chi connectivity index (χ2n) is 6.03. The number of amides is 1. The third-order valence-electron chi connectivity index (χ3n) is 3.97. The molecule has 0 fully saturated rings. The van der Waals surface area contributed by atoms with Gasteiger partial charge in [0.2, 0.25) is 0 Å². The third-order valence-corrected chi connectivity index (χ3v) is 3.97. The van der Waals surface area contributed by atoms with Crippen molar-refractivity contribution < 1.29 is 9.21 Å². The van der Waals surface area contributed by atoms with Gasteiger partial charge in [-0.1, -0.05) is 44.2 Å². The van der Waals surface area contributed by atoms with Crippen LogP contribution in [0, 0.1) is 0 Å². The lowest BCUT2D eigenvalue weighted by Gasteiger charge is -2.07. The average molecular weight is 307 g/mol. The van der Waals surface area contributed by atoms with E-state index in [1.54, 1.807) is 0 Å². The molecule has 2 aromatic carbocycles. The number of hydrogen-bond acceptors (Lipinski definition) is 2. The Labute approximate surface area is 136 Å². The van der Waals surface area contributed by atoms with E-state index in [1.165, 1.54) is 5.56 Å². The summed E-state index contributed by atoms with van der Waals surface area (Å²) < 4.78 is 5.75. The molecule has 0 atom stereocenters. The molecular formula is C20H21NO2. The highest BCUT2D eigenvalue weighted by Gasteiger charge is 2.07. The van der Waals surface area contributed by atoms with Crippen LogP contribution >= 0.6 is 0 Å². The van der Waals surface area contributed by atoms with Gasteiger partial charge in [0.25, 0.3) is 5.91 Å². The van der Waals surface area contributed by atoms with Gasteiger partial charge < -0.3 is 9.73 Å². The van der Waals surface area contributed by atoms with Gasteiger partial charge in [-0.3, -0.25) is 4.79 Å². The zero-order chi connectivity index (χ0) is 16.2. The molecule has 1 aromatic heterocycles. The van der Waals surface area contributed by atoms with Crippen LogP contribution in [0.3, 0.4) is 0 Å². The van der Waals surface area contributed by atoms with Crippen LogP contribution < -0.4 is 5.32 Å². The summed E-state index contributed by atoms with van der Waals surface area (Å²) in [4.78, 5) is 12.1. The summed E-state index contributed by atoms with van der Waals surface area (Å²) in [7, 11) is 0. The predicted molar refractivity (Wildman–Crippen MR) is 92.8 cm³/mol. The maximum absolute atomic E-state index is 12.1. The number of hydrogen-bond donors (Lipinski definition) is 1. The zero-order valence-electron chi connectivity index (χ0n) is 13.5. The molecule has 0 aliphatic carbocycles. The number of furan rings is 1. The van der Waals surface area contributed by atoms with Crippen LogP contribution in [-0.4, -0.2) is 12.5 Å². The van der Waals surface area contributed by atoms with Crippen molar-refractivity contribution in [1.29, 1.82) is 0 Å². The van der Waals surface area contributed by atoms with E-state index < -0.39 is 0 Å². The first-order valence-corrected chi connectivity index (χ1v) is 7.99. The molecule has 1 heterocycles. The van der Waals surface area contributed by atoms with E-state index in [-0.39, 0.29) is 5.91 Å². The molecule has 0 radical (unpaired) electrons. The Kier molecular flexibility index (Phi) is 4.47.